The summed E-state index contributed by atoms with van der Waals surface area (Å²) >= 11 is 0. The van der Waals surface area contributed by atoms with Crippen molar-refractivity contribution in [2.24, 2.45) is 5.92 Å². The van der Waals surface area contributed by atoms with Crippen molar-refractivity contribution >= 4 is 17.1 Å². The summed E-state index contributed by atoms with van der Waals surface area (Å²) in [6.45, 7) is 8.39. The lowest BCUT2D eigenvalue weighted by Crippen LogP contribution is -2.34. The highest BCUT2D eigenvalue weighted by Crippen LogP contribution is 2.22. The molecule has 0 amide bonds. The third kappa shape index (κ3) is 3.21. The molecule has 0 aromatic carbocycles. The van der Waals surface area contributed by atoms with Crippen LogP contribution in [0, 0.1) is 12.8 Å². The molecule has 7 heteroatoms. The largest absolute Gasteiger partial charge is 0.462 e. The lowest BCUT2D eigenvalue weighted by atomic mass is 10.0. The van der Waals surface area contributed by atoms with E-state index in [-0.39, 0.29) is 28.8 Å². The Bertz CT molecular complexity index is 808. The van der Waals surface area contributed by atoms with Gasteiger partial charge in [-0.25, -0.2) is 4.79 Å². The fourth-order valence-corrected chi connectivity index (χ4v) is 3.33. The first kappa shape index (κ1) is 16.7. The normalized spacial score (nSPS) is 18.9. The molecular weight excluding hydrogens is 310 g/mol. The summed E-state index contributed by atoms with van der Waals surface area (Å²) in [6.07, 6.45) is 2.39. The molecule has 0 aliphatic carbocycles. The number of H-pyrrole nitrogens is 1. The van der Waals surface area contributed by atoms with E-state index < -0.39 is 5.97 Å². The number of aromatic nitrogens is 2. The molecule has 0 unspecified atom stereocenters. The molecule has 7 nitrogen and oxygen atoms in total. The van der Waals surface area contributed by atoms with Gasteiger partial charge in [-0.15, -0.1) is 0 Å². The standard InChI is InChI=1S/C17H23N3O4/c1-4-23-17(22)13-11(3)24-16-14(13)15(21)18-12(19-16)9-20-7-5-6-10(2)8-20/h10H,4-9H2,1-3H3,(H,18,19,21)/t10-/m0/s1. The number of ether oxygens (including phenoxy) is 1. The minimum absolute atomic E-state index is 0.166. The lowest BCUT2D eigenvalue weighted by Gasteiger charge is -2.30. The average Bonchev–Trinajstić information content (AvgIpc) is 2.84. The predicted octanol–water partition coefficient (Wildman–Crippen LogP) is 2.23. The zero-order chi connectivity index (χ0) is 17.3. The van der Waals surface area contributed by atoms with Crippen LogP contribution in [0.5, 0.6) is 0 Å². The van der Waals surface area contributed by atoms with Crippen LogP contribution in [0.1, 0.15) is 48.6 Å². The van der Waals surface area contributed by atoms with Gasteiger partial charge < -0.3 is 14.1 Å². The summed E-state index contributed by atoms with van der Waals surface area (Å²) in [5, 5.41) is 0.168. The zero-order valence-electron chi connectivity index (χ0n) is 14.3. The summed E-state index contributed by atoms with van der Waals surface area (Å²) < 4.78 is 10.6. The molecule has 1 aliphatic heterocycles. The van der Waals surface area contributed by atoms with E-state index >= 15 is 0 Å². The molecule has 3 rings (SSSR count). The van der Waals surface area contributed by atoms with Crippen molar-refractivity contribution in [3.05, 3.63) is 27.5 Å². The second-order valence-electron chi connectivity index (χ2n) is 6.43. The second-order valence-corrected chi connectivity index (χ2v) is 6.43. The molecule has 0 saturated carbocycles. The summed E-state index contributed by atoms with van der Waals surface area (Å²) in [5.41, 5.74) is -0.00179. The second kappa shape index (κ2) is 6.76. The zero-order valence-corrected chi connectivity index (χ0v) is 14.3. The summed E-state index contributed by atoms with van der Waals surface area (Å²) in [4.78, 5) is 34.0. The number of nitrogens with one attached hydrogen (secondary N) is 1. The Labute approximate surface area is 140 Å². The minimum atomic E-state index is -0.557. The SMILES string of the molecule is CCOC(=O)c1c(C)oc2nc(CN3CCC[C@H](C)C3)[nH]c(=O)c12. The molecule has 1 N–H and O–H groups in total. The summed E-state index contributed by atoms with van der Waals surface area (Å²) in [6, 6.07) is 0. The Balaban J connectivity index is 1.93. The Hall–Kier alpha value is -2.15. The van der Waals surface area contributed by atoms with Crippen LogP contribution < -0.4 is 5.56 Å². The summed E-state index contributed by atoms with van der Waals surface area (Å²) in [5.74, 6) is 1.00. The van der Waals surface area contributed by atoms with Gasteiger partial charge in [0.05, 0.1) is 13.2 Å². The number of fused-ring (bicyclic) bond motifs is 1. The molecular formula is C17H23N3O4. The van der Waals surface area contributed by atoms with Crippen LogP contribution in [0.3, 0.4) is 0 Å². The van der Waals surface area contributed by atoms with Crippen molar-refractivity contribution < 1.29 is 13.9 Å². The van der Waals surface area contributed by atoms with Crippen LogP contribution in [0.4, 0.5) is 0 Å². The monoisotopic (exact) mass is 333 g/mol. The van der Waals surface area contributed by atoms with E-state index in [9.17, 15) is 9.59 Å². The molecule has 24 heavy (non-hydrogen) atoms. The van der Waals surface area contributed by atoms with Crippen molar-refractivity contribution in [3.8, 4) is 0 Å². The molecule has 0 bridgehead atoms. The smallest absolute Gasteiger partial charge is 0.342 e. The van der Waals surface area contributed by atoms with E-state index in [0.29, 0.717) is 24.0 Å². The Kier molecular flexibility index (Phi) is 4.71. The molecule has 130 valence electrons. The van der Waals surface area contributed by atoms with Crippen molar-refractivity contribution in [2.45, 2.75) is 40.2 Å². The highest BCUT2D eigenvalue weighted by atomic mass is 16.5. The number of esters is 1. The van der Waals surface area contributed by atoms with Gasteiger partial charge in [-0.2, -0.15) is 4.98 Å². The molecule has 0 spiro atoms. The van der Waals surface area contributed by atoms with E-state index in [1.54, 1.807) is 13.8 Å². The molecule has 0 radical (unpaired) electrons. The maximum atomic E-state index is 12.5. The van der Waals surface area contributed by atoms with Crippen molar-refractivity contribution in [1.82, 2.24) is 14.9 Å². The topological polar surface area (TPSA) is 88.4 Å². The van der Waals surface area contributed by atoms with Crippen LogP contribution in [0.15, 0.2) is 9.21 Å². The Morgan fingerprint density at radius 1 is 1.50 bits per heavy atom. The van der Waals surface area contributed by atoms with Gasteiger partial charge in [0.2, 0.25) is 5.71 Å². The molecule has 2 aromatic heterocycles. The molecule has 1 saturated heterocycles. The molecule has 2 aromatic rings. The van der Waals surface area contributed by atoms with Crippen molar-refractivity contribution in [3.63, 3.8) is 0 Å². The third-order valence-electron chi connectivity index (χ3n) is 4.38. The quantitative estimate of drug-likeness (QED) is 0.863. The van der Waals surface area contributed by atoms with Gasteiger partial charge in [0.25, 0.3) is 5.56 Å². The van der Waals surface area contributed by atoms with Gasteiger partial charge >= 0.3 is 5.97 Å². The van der Waals surface area contributed by atoms with E-state index in [1.807, 2.05) is 0 Å². The van der Waals surface area contributed by atoms with Gasteiger partial charge in [-0.3, -0.25) is 9.69 Å². The highest BCUT2D eigenvalue weighted by molar-refractivity contribution is 6.03. The number of hydrogen-bond acceptors (Lipinski definition) is 6. The van der Waals surface area contributed by atoms with E-state index in [1.165, 1.54) is 6.42 Å². The number of likely N-dealkylation sites (tertiary alicyclic amines) is 1. The van der Waals surface area contributed by atoms with E-state index in [0.717, 1.165) is 19.5 Å². The van der Waals surface area contributed by atoms with Gasteiger partial charge in [-0.05, 0) is 39.2 Å². The van der Waals surface area contributed by atoms with Gasteiger partial charge in [-0.1, -0.05) is 6.92 Å². The van der Waals surface area contributed by atoms with E-state index in [2.05, 4.69) is 21.8 Å². The molecule has 1 fully saturated rings. The average molecular weight is 333 g/mol. The number of aromatic amines is 1. The fraction of sp³-hybridized carbons (Fsp3) is 0.588. The number of nitrogens with zero attached hydrogens (tertiary/aromatic N) is 2. The number of aryl methyl sites for hydroxylation is 1. The van der Waals surface area contributed by atoms with Crippen LogP contribution in [-0.2, 0) is 11.3 Å². The van der Waals surface area contributed by atoms with Gasteiger partial charge in [0.1, 0.15) is 22.5 Å². The number of piperidine rings is 1. The first-order chi connectivity index (χ1) is 11.5. The van der Waals surface area contributed by atoms with Crippen LogP contribution >= 0.6 is 0 Å². The Morgan fingerprint density at radius 2 is 2.29 bits per heavy atom. The first-order valence-electron chi connectivity index (χ1n) is 8.41. The molecule has 1 aliphatic rings. The van der Waals surface area contributed by atoms with Crippen molar-refractivity contribution in [1.29, 1.82) is 0 Å². The van der Waals surface area contributed by atoms with Gasteiger partial charge in [0, 0.05) is 6.54 Å². The maximum absolute atomic E-state index is 12.5. The lowest BCUT2D eigenvalue weighted by molar-refractivity contribution is 0.0526. The number of hydrogen-bond donors (Lipinski definition) is 1. The predicted molar refractivity (Wildman–Crippen MR) is 89.0 cm³/mol. The third-order valence-corrected chi connectivity index (χ3v) is 4.38. The minimum Gasteiger partial charge on any atom is -0.462 e. The van der Waals surface area contributed by atoms with Crippen molar-refractivity contribution in [2.75, 3.05) is 19.7 Å². The van der Waals surface area contributed by atoms with Crippen LogP contribution in [-0.4, -0.2) is 40.5 Å². The van der Waals surface area contributed by atoms with Crippen LogP contribution in [0.25, 0.3) is 11.1 Å². The number of carbonyl (C=O) groups is 1. The number of furan rings is 1. The fourth-order valence-electron chi connectivity index (χ4n) is 3.33. The molecule has 1 atom stereocenters. The Morgan fingerprint density at radius 3 is 3.00 bits per heavy atom. The highest BCUT2D eigenvalue weighted by Gasteiger charge is 2.24. The van der Waals surface area contributed by atoms with Gasteiger partial charge in [0.15, 0.2) is 0 Å². The van der Waals surface area contributed by atoms with E-state index in [4.69, 9.17) is 9.15 Å². The first-order valence-corrected chi connectivity index (χ1v) is 8.41. The summed E-state index contributed by atoms with van der Waals surface area (Å²) in [7, 11) is 0. The molecule has 3 heterocycles. The number of carbonyl (C=O) groups excluding carboxylic acids is 1. The van der Waals surface area contributed by atoms with Crippen LogP contribution in [0.2, 0.25) is 0 Å². The maximum Gasteiger partial charge on any atom is 0.342 e. The number of rotatable bonds is 4.